The lowest BCUT2D eigenvalue weighted by atomic mass is 9.97. The molecule has 17 heavy (non-hydrogen) atoms. The van der Waals surface area contributed by atoms with E-state index in [0.29, 0.717) is 12.3 Å². The summed E-state index contributed by atoms with van der Waals surface area (Å²) in [4.78, 5) is 0. The van der Waals surface area contributed by atoms with E-state index < -0.39 is 0 Å². The largest absolute Gasteiger partial charge is 0.449 e. The van der Waals surface area contributed by atoms with Crippen molar-refractivity contribution in [3.8, 4) is 6.07 Å². The fourth-order valence-corrected chi connectivity index (χ4v) is 2.13. The predicted molar refractivity (Wildman–Crippen MR) is 66.3 cm³/mol. The van der Waals surface area contributed by atoms with Crippen LogP contribution in [-0.2, 0) is 6.54 Å². The third-order valence-electron chi connectivity index (χ3n) is 3.08. The van der Waals surface area contributed by atoms with Crippen molar-refractivity contribution in [2.75, 3.05) is 6.54 Å². The second-order valence-corrected chi connectivity index (χ2v) is 4.41. The minimum absolute atomic E-state index is 0.386. The number of furan rings is 1. The third-order valence-corrected chi connectivity index (χ3v) is 3.08. The van der Waals surface area contributed by atoms with Gasteiger partial charge in [0, 0.05) is 0 Å². The van der Waals surface area contributed by atoms with Gasteiger partial charge < -0.3 is 9.73 Å². The van der Waals surface area contributed by atoms with Crippen molar-refractivity contribution in [2.24, 2.45) is 0 Å². The molecule has 2 rings (SSSR count). The van der Waals surface area contributed by atoms with Gasteiger partial charge in [-0.3, -0.25) is 0 Å². The molecule has 0 spiro atoms. The number of rotatable bonds is 5. The summed E-state index contributed by atoms with van der Waals surface area (Å²) in [5.41, 5.74) is 1.58. The highest BCUT2D eigenvalue weighted by molar-refractivity contribution is 5.18. The van der Waals surface area contributed by atoms with Gasteiger partial charge in [0.2, 0.25) is 5.76 Å². The van der Waals surface area contributed by atoms with E-state index in [1.165, 1.54) is 25.7 Å². The third kappa shape index (κ3) is 3.76. The molecule has 0 saturated carbocycles. The fraction of sp³-hybridized carbons (Fsp3) is 0.500. The molecular weight excluding hydrogens is 212 g/mol. The van der Waals surface area contributed by atoms with Crippen molar-refractivity contribution in [1.82, 2.24) is 5.32 Å². The Morgan fingerprint density at radius 1 is 1.35 bits per heavy atom. The molecule has 0 aliphatic heterocycles. The molecule has 1 aromatic rings. The van der Waals surface area contributed by atoms with Crippen LogP contribution in [0.3, 0.4) is 0 Å². The topological polar surface area (TPSA) is 49.0 Å². The molecule has 3 heteroatoms. The van der Waals surface area contributed by atoms with Gasteiger partial charge >= 0.3 is 0 Å². The van der Waals surface area contributed by atoms with Crippen LogP contribution in [0, 0.1) is 11.3 Å². The van der Waals surface area contributed by atoms with Crippen molar-refractivity contribution in [1.29, 1.82) is 5.26 Å². The van der Waals surface area contributed by atoms with Gasteiger partial charge in [0.05, 0.1) is 6.54 Å². The maximum absolute atomic E-state index is 8.62. The Hall–Kier alpha value is -1.53. The Morgan fingerprint density at radius 2 is 2.29 bits per heavy atom. The minimum Gasteiger partial charge on any atom is -0.449 e. The SMILES string of the molecule is N#Cc1ccc(CNCCC2=CCCCC2)o1. The zero-order chi connectivity index (χ0) is 11.9. The first kappa shape index (κ1) is 11.9. The summed E-state index contributed by atoms with van der Waals surface area (Å²) >= 11 is 0. The summed E-state index contributed by atoms with van der Waals surface area (Å²) in [6.07, 6.45) is 8.72. The Labute approximate surface area is 102 Å². The Balaban J connectivity index is 1.66. The van der Waals surface area contributed by atoms with Crippen molar-refractivity contribution >= 4 is 0 Å². The first-order valence-corrected chi connectivity index (χ1v) is 6.26. The van der Waals surface area contributed by atoms with Crippen LogP contribution in [0.25, 0.3) is 0 Å². The molecular formula is C14H18N2O. The molecule has 1 N–H and O–H groups in total. The monoisotopic (exact) mass is 230 g/mol. The number of nitriles is 1. The predicted octanol–water partition coefficient (Wildman–Crippen LogP) is 3.13. The smallest absolute Gasteiger partial charge is 0.203 e. The molecule has 0 atom stereocenters. The van der Waals surface area contributed by atoms with Crippen LogP contribution in [0.1, 0.15) is 43.6 Å². The van der Waals surface area contributed by atoms with Gasteiger partial charge in [-0.25, -0.2) is 0 Å². The molecule has 1 aromatic heterocycles. The second kappa shape index (κ2) is 6.27. The van der Waals surface area contributed by atoms with Crippen LogP contribution in [-0.4, -0.2) is 6.54 Å². The van der Waals surface area contributed by atoms with E-state index in [4.69, 9.17) is 9.68 Å². The fourth-order valence-electron chi connectivity index (χ4n) is 2.13. The van der Waals surface area contributed by atoms with Crippen molar-refractivity contribution < 1.29 is 4.42 Å². The molecule has 1 heterocycles. The van der Waals surface area contributed by atoms with Crippen LogP contribution >= 0.6 is 0 Å². The van der Waals surface area contributed by atoms with E-state index in [1.54, 1.807) is 11.6 Å². The molecule has 0 unspecified atom stereocenters. The lowest BCUT2D eigenvalue weighted by molar-refractivity contribution is 0.474. The van der Waals surface area contributed by atoms with Gasteiger partial charge in [0.25, 0.3) is 0 Å². The maximum Gasteiger partial charge on any atom is 0.203 e. The molecule has 0 saturated heterocycles. The van der Waals surface area contributed by atoms with Gasteiger partial charge in [-0.05, 0) is 50.8 Å². The Bertz CT molecular complexity index is 426. The normalized spacial score (nSPS) is 15.4. The quantitative estimate of drug-likeness (QED) is 0.624. The molecule has 0 amide bonds. The summed E-state index contributed by atoms with van der Waals surface area (Å²) < 4.78 is 5.29. The number of hydrogen-bond donors (Lipinski definition) is 1. The van der Waals surface area contributed by atoms with E-state index in [1.807, 2.05) is 12.1 Å². The molecule has 90 valence electrons. The van der Waals surface area contributed by atoms with Crippen molar-refractivity contribution in [2.45, 2.75) is 38.6 Å². The molecule has 0 aromatic carbocycles. The molecule has 0 bridgehead atoms. The lowest BCUT2D eigenvalue weighted by Crippen LogP contribution is -2.15. The lowest BCUT2D eigenvalue weighted by Gasteiger charge is -2.12. The van der Waals surface area contributed by atoms with Crippen molar-refractivity contribution in [3.05, 3.63) is 35.3 Å². The van der Waals surface area contributed by atoms with Crippen molar-refractivity contribution in [3.63, 3.8) is 0 Å². The molecule has 0 fully saturated rings. The number of nitrogens with zero attached hydrogens (tertiary/aromatic N) is 1. The maximum atomic E-state index is 8.62. The van der Waals surface area contributed by atoms with Crippen LogP contribution in [0.5, 0.6) is 0 Å². The van der Waals surface area contributed by atoms with Gasteiger partial charge in [0.15, 0.2) is 0 Å². The minimum atomic E-state index is 0.386. The molecule has 1 aliphatic rings. The summed E-state index contributed by atoms with van der Waals surface area (Å²) in [7, 11) is 0. The molecule has 3 nitrogen and oxygen atoms in total. The van der Waals surface area contributed by atoms with Gasteiger partial charge in [-0.2, -0.15) is 5.26 Å². The van der Waals surface area contributed by atoms with E-state index in [-0.39, 0.29) is 0 Å². The standard InChI is InChI=1S/C14H18N2O/c15-10-13-6-7-14(17-13)11-16-9-8-12-4-2-1-3-5-12/h4,6-7,16H,1-3,5,8-9,11H2. The van der Waals surface area contributed by atoms with E-state index in [0.717, 1.165) is 18.7 Å². The van der Waals surface area contributed by atoms with E-state index in [2.05, 4.69) is 11.4 Å². The van der Waals surface area contributed by atoms with Gasteiger partial charge in [0.1, 0.15) is 11.8 Å². The summed E-state index contributed by atoms with van der Waals surface area (Å²) in [5.74, 6) is 1.22. The number of nitrogens with one attached hydrogen (secondary N) is 1. The first-order chi connectivity index (χ1) is 8.38. The summed E-state index contributed by atoms with van der Waals surface area (Å²) in [6.45, 7) is 1.68. The Morgan fingerprint density at radius 3 is 3.00 bits per heavy atom. The summed E-state index contributed by atoms with van der Waals surface area (Å²) in [6, 6.07) is 5.55. The van der Waals surface area contributed by atoms with Gasteiger partial charge in [-0.15, -0.1) is 0 Å². The van der Waals surface area contributed by atoms with E-state index >= 15 is 0 Å². The van der Waals surface area contributed by atoms with Crippen LogP contribution in [0.2, 0.25) is 0 Å². The van der Waals surface area contributed by atoms with Crippen LogP contribution < -0.4 is 5.32 Å². The highest BCUT2D eigenvalue weighted by Gasteiger charge is 2.04. The highest BCUT2D eigenvalue weighted by atomic mass is 16.3. The zero-order valence-corrected chi connectivity index (χ0v) is 10.0. The van der Waals surface area contributed by atoms with Crippen LogP contribution in [0.4, 0.5) is 0 Å². The van der Waals surface area contributed by atoms with Crippen LogP contribution in [0.15, 0.2) is 28.2 Å². The second-order valence-electron chi connectivity index (χ2n) is 4.41. The Kier molecular flexibility index (Phi) is 4.40. The average Bonchev–Trinajstić information content (AvgIpc) is 2.84. The zero-order valence-electron chi connectivity index (χ0n) is 10.0. The molecule has 0 radical (unpaired) electrons. The van der Waals surface area contributed by atoms with Gasteiger partial charge in [-0.1, -0.05) is 11.6 Å². The number of hydrogen-bond acceptors (Lipinski definition) is 3. The van der Waals surface area contributed by atoms with E-state index in [9.17, 15) is 0 Å². The average molecular weight is 230 g/mol. The molecule has 1 aliphatic carbocycles. The highest BCUT2D eigenvalue weighted by Crippen LogP contribution is 2.19. The summed E-state index contributed by atoms with van der Waals surface area (Å²) in [5, 5.41) is 12.0. The first-order valence-electron chi connectivity index (χ1n) is 6.26. The number of allylic oxidation sites excluding steroid dienone is 1.